The van der Waals surface area contributed by atoms with Gasteiger partial charge in [0.15, 0.2) is 0 Å². The van der Waals surface area contributed by atoms with Crippen LogP contribution in [0.2, 0.25) is 0 Å². The molecule has 1 unspecified atom stereocenters. The zero-order valence-electron chi connectivity index (χ0n) is 17.8. The van der Waals surface area contributed by atoms with Crippen LogP contribution in [-0.2, 0) is 6.42 Å². The van der Waals surface area contributed by atoms with Gasteiger partial charge in [0.05, 0.1) is 5.52 Å². The van der Waals surface area contributed by atoms with E-state index in [1.807, 2.05) is 17.0 Å². The molecule has 154 valence electrons. The summed E-state index contributed by atoms with van der Waals surface area (Å²) in [6.07, 6.45) is 2.70. The van der Waals surface area contributed by atoms with E-state index in [4.69, 9.17) is 0 Å². The maximum atomic E-state index is 13.3. The minimum absolute atomic E-state index is 0.140. The van der Waals surface area contributed by atoms with Crippen LogP contribution in [0.5, 0.6) is 0 Å². The Labute approximate surface area is 176 Å². The number of benzene rings is 2. The summed E-state index contributed by atoms with van der Waals surface area (Å²) in [4.78, 5) is 30.6. The minimum Gasteiger partial charge on any atom is -0.368 e. The summed E-state index contributed by atoms with van der Waals surface area (Å²) in [6.45, 7) is 9.22. The predicted octanol–water partition coefficient (Wildman–Crippen LogP) is 3.70. The molecular formula is C25H27N3O2. The summed E-state index contributed by atoms with van der Waals surface area (Å²) >= 11 is 0. The van der Waals surface area contributed by atoms with Gasteiger partial charge in [-0.25, -0.2) is 0 Å². The predicted molar refractivity (Wildman–Crippen MR) is 121 cm³/mol. The lowest BCUT2D eigenvalue weighted by Gasteiger charge is -2.37. The molecular weight excluding hydrogens is 374 g/mol. The average molecular weight is 402 g/mol. The number of aryl methyl sites for hydroxylation is 1. The number of anilines is 1. The number of nitrogens with zero attached hydrogens (tertiary/aromatic N) is 3. The standard InChI is InChI=1S/C25H27N3O2/c1-16-6-4-9-22(18(16)3)26-10-12-27(13-11-26)25(30)21-15-28-17(2)14-19-7-5-8-20(23(19)28)24(21)29/h4-9,15,17H,10-14H2,1-3H3. The fraction of sp³-hybridized carbons (Fsp3) is 0.360. The Balaban J connectivity index is 1.42. The summed E-state index contributed by atoms with van der Waals surface area (Å²) in [6, 6.07) is 12.5. The first-order valence-electron chi connectivity index (χ1n) is 10.7. The van der Waals surface area contributed by atoms with Gasteiger partial charge in [0.1, 0.15) is 5.56 Å². The molecule has 2 aromatic carbocycles. The SMILES string of the molecule is Cc1cccc(N2CCN(C(=O)c3cn4c5c(cccc5c3=O)CC4C)CC2)c1C. The molecule has 0 N–H and O–H groups in total. The van der Waals surface area contributed by atoms with Crippen molar-refractivity contribution < 1.29 is 4.79 Å². The number of hydrogen-bond donors (Lipinski definition) is 0. The van der Waals surface area contributed by atoms with E-state index in [2.05, 4.69) is 54.5 Å². The Kier molecular flexibility index (Phi) is 4.42. The quantitative estimate of drug-likeness (QED) is 0.658. The number of carbonyl (C=O) groups excluding carboxylic acids is 1. The smallest absolute Gasteiger partial charge is 0.259 e. The average Bonchev–Trinajstić information content (AvgIpc) is 3.08. The van der Waals surface area contributed by atoms with Gasteiger partial charge in [-0.3, -0.25) is 9.59 Å². The molecule has 1 aromatic heterocycles. The molecule has 3 heterocycles. The fourth-order valence-corrected chi connectivity index (χ4v) is 4.97. The molecule has 3 aromatic rings. The highest BCUT2D eigenvalue weighted by atomic mass is 16.2. The highest BCUT2D eigenvalue weighted by molar-refractivity contribution is 5.98. The largest absolute Gasteiger partial charge is 0.368 e. The molecule has 5 nitrogen and oxygen atoms in total. The van der Waals surface area contributed by atoms with Crippen LogP contribution in [0.25, 0.3) is 10.9 Å². The van der Waals surface area contributed by atoms with E-state index in [1.165, 1.54) is 22.4 Å². The third kappa shape index (κ3) is 2.83. The molecule has 0 spiro atoms. The van der Waals surface area contributed by atoms with Crippen LogP contribution >= 0.6 is 0 Å². The van der Waals surface area contributed by atoms with Gasteiger partial charge in [0, 0.05) is 49.5 Å². The third-order valence-corrected chi connectivity index (χ3v) is 6.84. The first-order valence-corrected chi connectivity index (χ1v) is 10.7. The lowest BCUT2D eigenvalue weighted by Crippen LogP contribution is -2.49. The molecule has 2 aliphatic rings. The van der Waals surface area contributed by atoms with Crippen molar-refractivity contribution in [2.75, 3.05) is 31.1 Å². The van der Waals surface area contributed by atoms with Gasteiger partial charge in [0.2, 0.25) is 5.43 Å². The molecule has 1 saturated heterocycles. The Hall–Kier alpha value is -3.08. The number of rotatable bonds is 2. The van der Waals surface area contributed by atoms with Crippen LogP contribution in [0.3, 0.4) is 0 Å². The number of pyridine rings is 1. The van der Waals surface area contributed by atoms with Gasteiger partial charge >= 0.3 is 0 Å². The van der Waals surface area contributed by atoms with E-state index in [0.717, 1.165) is 25.0 Å². The zero-order chi connectivity index (χ0) is 21.0. The molecule has 1 atom stereocenters. The van der Waals surface area contributed by atoms with Crippen molar-refractivity contribution in [1.82, 2.24) is 9.47 Å². The van der Waals surface area contributed by atoms with Crippen molar-refractivity contribution in [2.45, 2.75) is 33.2 Å². The lowest BCUT2D eigenvalue weighted by atomic mass is 10.1. The van der Waals surface area contributed by atoms with Crippen LogP contribution in [-0.4, -0.2) is 41.6 Å². The number of amides is 1. The normalized spacial score (nSPS) is 18.3. The molecule has 0 bridgehead atoms. The van der Waals surface area contributed by atoms with E-state index >= 15 is 0 Å². The number of carbonyl (C=O) groups is 1. The highest BCUT2D eigenvalue weighted by Crippen LogP contribution is 2.31. The monoisotopic (exact) mass is 401 g/mol. The van der Waals surface area contributed by atoms with Crippen molar-refractivity contribution in [3.63, 3.8) is 0 Å². The highest BCUT2D eigenvalue weighted by Gasteiger charge is 2.28. The van der Waals surface area contributed by atoms with Gasteiger partial charge in [-0.1, -0.05) is 24.3 Å². The maximum absolute atomic E-state index is 13.3. The van der Waals surface area contributed by atoms with E-state index in [-0.39, 0.29) is 17.4 Å². The summed E-state index contributed by atoms with van der Waals surface area (Å²) in [7, 11) is 0. The van der Waals surface area contributed by atoms with Crippen LogP contribution in [0.1, 0.15) is 40.0 Å². The lowest BCUT2D eigenvalue weighted by molar-refractivity contribution is 0.0745. The Bertz CT molecular complexity index is 1220. The molecule has 1 amide bonds. The second-order valence-electron chi connectivity index (χ2n) is 8.64. The Morgan fingerprint density at radius 2 is 1.73 bits per heavy atom. The molecule has 0 saturated carbocycles. The molecule has 0 radical (unpaired) electrons. The molecule has 1 fully saturated rings. The Morgan fingerprint density at radius 3 is 2.50 bits per heavy atom. The topological polar surface area (TPSA) is 45.5 Å². The van der Waals surface area contributed by atoms with Crippen LogP contribution in [0.15, 0.2) is 47.4 Å². The summed E-state index contributed by atoms with van der Waals surface area (Å²) in [5.41, 5.74) is 6.15. The van der Waals surface area contributed by atoms with Crippen molar-refractivity contribution in [2.24, 2.45) is 0 Å². The maximum Gasteiger partial charge on any atom is 0.259 e. The number of aromatic nitrogens is 1. The second kappa shape index (κ2) is 7.01. The number of piperazine rings is 1. The van der Waals surface area contributed by atoms with E-state index < -0.39 is 0 Å². The van der Waals surface area contributed by atoms with Crippen molar-refractivity contribution in [3.8, 4) is 0 Å². The van der Waals surface area contributed by atoms with Gasteiger partial charge in [-0.2, -0.15) is 0 Å². The zero-order valence-corrected chi connectivity index (χ0v) is 17.8. The third-order valence-electron chi connectivity index (χ3n) is 6.84. The van der Waals surface area contributed by atoms with E-state index in [1.54, 1.807) is 6.20 Å². The van der Waals surface area contributed by atoms with Crippen LogP contribution in [0, 0.1) is 13.8 Å². The van der Waals surface area contributed by atoms with Gasteiger partial charge < -0.3 is 14.4 Å². The first-order chi connectivity index (χ1) is 14.5. The van der Waals surface area contributed by atoms with Crippen LogP contribution in [0.4, 0.5) is 5.69 Å². The molecule has 2 aliphatic heterocycles. The second-order valence-corrected chi connectivity index (χ2v) is 8.64. The Morgan fingerprint density at radius 1 is 1.00 bits per heavy atom. The van der Waals surface area contributed by atoms with Gasteiger partial charge in [0.25, 0.3) is 5.91 Å². The minimum atomic E-state index is -0.143. The first kappa shape index (κ1) is 18.9. The summed E-state index contributed by atoms with van der Waals surface area (Å²) in [5.74, 6) is -0.143. The van der Waals surface area contributed by atoms with Crippen LogP contribution < -0.4 is 10.3 Å². The van der Waals surface area contributed by atoms with E-state index in [9.17, 15) is 9.59 Å². The molecule has 0 aliphatic carbocycles. The van der Waals surface area contributed by atoms with Crippen molar-refractivity contribution in [1.29, 1.82) is 0 Å². The van der Waals surface area contributed by atoms with Gasteiger partial charge in [-0.05, 0) is 56.0 Å². The van der Waals surface area contributed by atoms with Crippen molar-refractivity contribution in [3.05, 3.63) is 75.1 Å². The summed E-state index contributed by atoms with van der Waals surface area (Å²) in [5, 5.41) is 0.664. The number of para-hydroxylation sites is 1. The molecule has 30 heavy (non-hydrogen) atoms. The van der Waals surface area contributed by atoms with Crippen molar-refractivity contribution >= 4 is 22.5 Å². The molecule has 5 heteroatoms. The molecule has 5 rings (SSSR count). The number of hydrogen-bond acceptors (Lipinski definition) is 3. The summed E-state index contributed by atoms with van der Waals surface area (Å²) < 4.78 is 2.12. The van der Waals surface area contributed by atoms with Gasteiger partial charge in [-0.15, -0.1) is 0 Å². The van der Waals surface area contributed by atoms with E-state index in [0.29, 0.717) is 24.0 Å². The fourth-order valence-electron chi connectivity index (χ4n) is 4.97.